The largest absolute Gasteiger partial charge is 0.376 e. The van der Waals surface area contributed by atoms with Gasteiger partial charge in [-0.1, -0.05) is 6.92 Å². The van der Waals surface area contributed by atoms with Gasteiger partial charge >= 0.3 is 0 Å². The molecule has 1 fully saturated rings. The molecule has 1 aromatic rings. The Kier molecular flexibility index (Phi) is 4.77. The number of rotatable bonds is 5. The predicted molar refractivity (Wildman–Crippen MR) is 71.2 cm³/mol. The van der Waals surface area contributed by atoms with Gasteiger partial charge in [-0.15, -0.1) is 0 Å². The van der Waals surface area contributed by atoms with E-state index in [4.69, 9.17) is 4.74 Å². The van der Waals surface area contributed by atoms with E-state index in [1.54, 1.807) is 10.9 Å². The van der Waals surface area contributed by atoms with Crippen LogP contribution in [-0.2, 0) is 9.53 Å². The molecule has 1 N–H and O–H groups in total. The molecule has 100 valence electrons. The number of amides is 1. The highest BCUT2D eigenvalue weighted by Gasteiger charge is 2.21. The highest BCUT2D eigenvalue weighted by atomic mass is 79.9. The maximum absolute atomic E-state index is 12.1. The molecule has 2 heterocycles. The quantitative estimate of drug-likeness (QED) is 0.902. The van der Waals surface area contributed by atoms with Crippen molar-refractivity contribution in [2.24, 2.45) is 0 Å². The molecule has 18 heavy (non-hydrogen) atoms. The van der Waals surface area contributed by atoms with E-state index in [0.29, 0.717) is 13.0 Å². The SMILES string of the molecule is CC[C@@H](C(=O)NC[C@H]1CCCO1)n1cc(Br)cn1. The van der Waals surface area contributed by atoms with E-state index in [9.17, 15) is 4.79 Å². The first-order valence-electron chi connectivity index (χ1n) is 6.29. The minimum Gasteiger partial charge on any atom is -0.376 e. The Bertz CT molecular complexity index is 402. The van der Waals surface area contributed by atoms with E-state index in [1.165, 1.54) is 0 Å². The molecule has 6 heteroatoms. The van der Waals surface area contributed by atoms with Gasteiger partial charge in [0.05, 0.1) is 16.8 Å². The summed E-state index contributed by atoms with van der Waals surface area (Å²) in [6.07, 6.45) is 6.52. The van der Waals surface area contributed by atoms with Gasteiger partial charge in [0.2, 0.25) is 5.91 Å². The maximum atomic E-state index is 12.1. The molecule has 2 atom stereocenters. The Hall–Kier alpha value is -0.880. The molecule has 0 aliphatic carbocycles. The van der Waals surface area contributed by atoms with E-state index < -0.39 is 0 Å². The van der Waals surface area contributed by atoms with Gasteiger partial charge in [-0.05, 0) is 35.2 Å². The van der Waals surface area contributed by atoms with Crippen LogP contribution in [0.1, 0.15) is 32.2 Å². The number of ether oxygens (including phenoxy) is 1. The van der Waals surface area contributed by atoms with Gasteiger partial charge in [-0.3, -0.25) is 9.48 Å². The lowest BCUT2D eigenvalue weighted by atomic mass is 10.2. The average molecular weight is 316 g/mol. The van der Waals surface area contributed by atoms with Crippen molar-refractivity contribution in [2.45, 2.75) is 38.3 Å². The van der Waals surface area contributed by atoms with Crippen LogP contribution in [0.2, 0.25) is 0 Å². The number of halogens is 1. The maximum Gasteiger partial charge on any atom is 0.244 e. The molecule has 0 aromatic carbocycles. The lowest BCUT2D eigenvalue weighted by Crippen LogP contribution is -2.37. The summed E-state index contributed by atoms with van der Waals surface area (Å²) in [4.78, 5) is 12.1. The van der Waals surface area contributed by atoms with Gasteiger partial charge in [0.15, 0.2) is 0 Å². The second-order valence-electron chi connectivity index (χ2n) is 4.44. The second kappa shape index (κ2) is 6.33. The number of nitrogens with zero attached hydrogens (tertiary/aromatic N) is 2. The molecule has 0 unspecified atom stereocenters. The fourth-order valence-corrected chi connectivity index (χ4v) is 2.42. The number of hydrogen-bond donors (Lipinski definition) is 1. The lowest BCUT2D eigenvalue weighted by molar-refractivity contribution is -0.125. The Morgan fingerprint density at radius 1 is 1.78 bits per heavy atom. The molecule has 5 nitrogen and oxygen atoms in total. The zero-order valence-corrected chi connectivity index (χ0v) is 12.0. The fraction of sp³-hybridized carbons (Fsp3) is 0.667. The zero-order valence-electron chi connectivity index (χ0n) is 10.4. The van der Waals surface area contributed by atoms with Crippen molar-refractivity contribution in [1.29, 1.82) is 0 Å². The van der Waals surface area contributed by atoms with Crippen LogP contribution in [0.15, 0.2) is 16.9 Å². The van der Waals surface area contributed by atoms with Gasteiger partial charge in [0, 0.05) is 19.3 Å². The minimum absolute atomic E-state index is 0.00333. The van der Waals surface area contributed by atoms with Crippen LogP contribution in [0.4, 0.5) is 0 Å². The summed E-state index contributed by atoms with van der Waals surface area (Å²) >= 11 is 3.34. The third-order valence-electron chi connectivity index (χ3n) is 3.11. The Balaban J connectivity index is 1.89. The smallest absolute Gasteiger partial charge is 0.244 e. The molecule has 0 saturated carbocycles. The van der Waals surface area contributed by atoms with Crippen LogP contribution in [0, 0.1) is 0 Å². The van der Waals surface area contributed by atoms with Crippen LogP contribution >= 0.6 is 15.9 Å². The van der Waals surface area contributed by atoms with E-state index in [0.717, 1.165) is 23.9 Å². The number of carbonyl (C=O) groups excluding carboxylic acids is 1. The molecule has 1 saturated heterocycles. The van der Waals surface area contributed by atoms with E-state index in [1.807, 2.05) is 13.1 Å². The van der Waals surface area contributed by atoms with E-state index in [-0.39, 0.29) is 18.1 Å². The van der Waals surface area contributed by atoms with Crippen LogP contribution in [0.3, 0.4) is 0 Å². The highest BCUT2D eigenvalue weighted by molar-refractivity contribution is 9.10. The Morgan fingerprint density at radius 2 is 2.61 bits per heavy atom. The zero-order chi connectivity index (χ0) is 13.0. The first-order valence-corrected chi connectivity index (χ1v) is 7.09. The first kappa shape index (κ1) is 13.5. The minimum atomic E-state index is -0.252. The molecule has 1 amide bonds. The van der Waals surface area contributed by atoms with Crippen LogP contribution in [0.25, 0.3) is 0 Å². The average Bonchev–Trinajstić information content (AvgIpc) is 2.99. The summed E-state index contributed by atoms with van der Waals surface area (Å²) in [6.45, 7) is 3.38. The summed E-state index contributed by atoms with van der Waals surface area (Å²) < 4.78 is 8.05. The van der Waals surface area contributed by atoms with Crippen molar-refractivity contribution in [1.82, 2.24) is 15.1 Å². The van der Waals surface area contributed by atoms with Gasteiger partial charge in [0.1, 0.15) is 6.04 Å². The van der Waals surface area contributed by atoms with Gasteiger partial charge < -0.3 is 10.1 Å². The molecule has 0 bridgehead atoms. The number of carbonyl (C=O) groups is 1. The molecular weight excluding hydrogens is 298 g/mol. The molecule has 1 aliphatic rings. The molecular formula is C12H18BrN3O2. The Labute approximate surface area is 115 Å². The molecule has 0 radical (unpaired) electrons. The fourth-order valence-electron chi connectivity index (χ4n) is 2.12. The number of nitrogens with one attached hydrogen (secondary N) is 1. The van der Waals surface area contributed by atoms with Crippen molar-refractivity contribution in [3.63, 3.8) is 0 Å². The monoisotopic (exact) mass is 315 g/mol. The highest BCUT2D eigenvalue weighted by Crippen LogP contribution is 2.15. The third-order valence-corrected chi connectivity index (χ3v) is 3.52. The second-order valence-corrected chi connectivity index (χ2v) is 5.36. The van der Waals surface area contributed by atoms with Crippen LogP contribution in [-0.4, -0.2) is 34.9 Å². The summed E-state index contributed by atoms with van der Waals surface area (Å²) in [5.74, 6) is 0.00333. The lowest BCUT2D eigenvalue weighted by Gasteiger charge is -2.17. The summed E-state index contributed by atoms with van der Waals surface area (Å²) in [5.41, 5.74) is 0. The van der Waals surface area contributed by atoms with Crippen molar-refractivity contribution in [2.75, 3.05) is 13.2 Å². The Morgan fingerprint density at radius 3 is 3.17 bits per heavy atom. The summed E-state index contributed by atoms with van der Waals surface area (Å²) in [6, 6.07) is -0.252. The molecule has 1 aliphatic heterocycles. The van der Waals surface area contributed by atoms with Crippen molar-refractivity contribution in [3.8, 4) is 0 Å². The summed E-state index contributed by atoms with van der Waals surface area (Å²) in [5, 5.41) is 7.11. The number of aromatic nitrogens is 2. The number of hydrogen-bond acceptors (Lipinski definition) is 3. The van der Waals surface area contributed by atoms with E-state index in [2.05, 4.69) is 26.3 Å². The molecule has 2 rings (SSSR count). The van der Waals surface area contributed by atoms with Crippen molar-refractivity contribution >= 4 is 21.8 Å². The van der Waals surface area contributed by atoms with Crippen LogP contribution in [0.5, 0.6) is 0 Å². The third kappa shape index (κ3) is 3.32. The standard InChI is InChI=1S/C12H18BrN3O2/c1-2-11(16-8-9(13)6-15-16)12(17)14-7-10-4-3-5-18-10/h6,8,10-11H,2-5,7H2,1H3,(H,14,17)/t10-,11+/m1/s1. The van der Waals surface area contributed by atoms with E-state index >= 15 is 0 Å². The topological polar surface area (TPSA) is 56.1 Å². The molecule has 0 spiro atoms. The van der Waals surface area contributed by atoms with Crippen molar-refractivity contribution < 1.29 is 9.53 Å². The first-order chi connectivity index (χ1) is 8.70. The predicted octanol–water partition coefficient (Wildman–Crippen LogP) is 1.89. The van der Waals surface area contributed by atoms with Crippen LogP contribution < -0.4 is 5.32 Å². The van der Waals surface area contributed by atoms with Gasteiger partial charge in [-0.2, -0.15) is 5.10 Å². The van der Waals surface area contributed by atoms with Crippen molar-refractivity contribution in [3.05, 3.63) is 16.9 Å². The van der Waals surface area contributed by atoms with Gasteiger partial charge in [0.25, 0.3) is 0 Å². The normalized spacial score (nSPS) is 20.9. The summed E-state index contributed by atoms with van der Waals surface area (Å²) in [7, 11) is 0. The van der Waals surface area contributed by atoms with Gasteiger partial charge in [-0.25, -0.2) is 0 Å². The molecule has 1 aromatic heterocycles.